The Kier molecular flexibility index (Phi) is 50.1. The van der Waals surface area contributed by atoms with Gasteiger partial charge >= 0.3 is 17.9 Å². The van der Waals surface area contributed by atoms with E-state index in [4.69, 9.17) is 14.2 Å². The maximum absolute atomic E-state index is 12.8. The van der Waals surface area contributed by atoms with E-state index in [0.717, 1.165) is 63.7 Å². The second-order valence-corrected chi connectivity index (χ2v) is 20.1. The van der Waals surface area contributed by atoms with Crippen LogP contribution in [0.4, 0.5) is 0 Å². The fourth-order valence-electron chi connectivity index (χ4n) is 8.75. The van der Waals surface area contributed by atoms with Crippen LogP contribution in [0.5, 0.6) is 0 Å². The smallest absolute Gasteiger partial charge is 0.306 e. The zero-order chi connectivity index (χ0) is 45.9. The highest BCUT2D eigenvalue weighted by atomic mass is 16.6. The Morgan fingerprint density at radius 3 is 0.778 bits per heavy atom. The molecule has 0 saturated carbocycles. The minimum atomic E-state index is -0.762. The number of ether oxygens (including phenoxy) is 3. The number of hydrogen-bond acceptors (Lipinski definition) is 6. The van der Waals surface area contributed by atoms with Crippen LogP contribution in [0.2, 0.25) is 0 Å². The molecule has 63 heavy (non-hydrogen) atoms. The summed E-state index contributed by atoms with van der Waals surface area (Å²) in [4.78, 5) is 38.0. The molecular formula is C57H110O6. The standard InChI is InChI=1S/C57H110O6/c1-5-7-9-11-13-15-17-19-21-23-24-26-27-29-31-33-35-40-44-48-55(58)61-51-54(52-62-56(59)49-45-41-38-37-39-43-47-53(3)4)63-57(60)50-46-42-36-34-32-30-28-25-22-20-18-16-14-12-10-8-6-2/h53-54H,5-52H2,1-4H3/t54-/m1/s1. The van der Waals surface area contributed by atoms with Crippen molar-refractivity contribution in [2.45, 2.75) is 329 Å². The first-order valence-electron chi connectivity index (χ1n) is 28.4. The van der Waals surface area contributed by atoms with E-state index in [1.165, 1.54) is 218 Å². The van der Waals surface area contributed by atoms with Crippen LogP contribution in [0.3, 0.4) is 0 Å². The SMILES string of the molecule is CCCCCCCCCCCCCCCCCCCCCC(=O)OC[C@H](COC(=O)CCCCCCCCC(C)C)OC(=O)CCCCCCCCCCCCCCCCCCC. The Morgan fingerprint density at radius 1 is 0.302 bits per heavy atom. The van der Waals surface area contributed by atoms with E-state index < -0.39 is 6.10 Å². The van der Waals surface area contributed by atoms with Gasteiger partial charge in [0.2, 0.25) is 0 Å². The molecule has 6 nitrogen and oxygen atoms in total. The molecule has 0 N–H and O–H groups in total. The highest BCUT2D eigenvalue weighted by Gasteiger charge is 2.19. The summed E-state index contributed by atoms with van der Waals surface area (Å²) in [5.41, 5.74) is 0. The summed E-state index contributed by atoms with van der Waals surface area (Å²) in [5.74, 6) is -0.0805. The van der Waals surface area contributed by atoms with Gasteiger partial charge < -0.3 is 14.2 Å². The minimum absolute atomic E-state index is 0.0631. The average Bonchev–Trinajstić information content (AvgIpc) is 3.27. The van der Waals surface area contributed by atoms with Gasteiger partial charge in [-0.3, -0.25) is 14.4 Å². The molecule has 0 unspecified atom stereocenters. The van der Waals surface area contributed by atoms with Gasteiger partial charge in [0.05, 0.1) is 0 Å². The molecule has 0 aromatic carbocycles. The van der Waals surface area contributed by atoms with Crippen LogP contribution in [0, 0.1) is 5.92 Å². The van der Waals surface area contributed by atoms with E-state index in [0.29, 0.717) is 19.3 Å². The van der Waals surface area contributed by atoms with Crippen molar-refractivity contribution in [1.29, 1.82) is 0 Å². The molecule has 0 aromatic heterocycles. The molecule has 0 bridgehead atoms. The van der Waals surface area contributed by atoms with Crippen molar-refractivity contribution in [2.24, 2.45) is 5.92 Å². The quantitative estimate of drug-likeness (QED) is 0.0344. The molecule has 1 atom stereocenters. The topological polar surface area (TPSA) is 78.9 Å². The first kappa shape index (κ1) is 61.4. The summed E-state index contributed by atoms with van der Waals surface area (Å²) < 4.78 is 16.8. The maximum atomic E-state index is 12.8. The van der Waals surface area contributed by atoms with E-state index in [1.54, 1.807) is 0 Å². The monoisotopic (exact) mass is 891 g/mol. The van der Waals surface area contributed by atoms with Crippen molar-refractivity contribution < 1.29 is 28.6 Å². The third-order valence-electron chi connectivity index (χ3n) is 13.0. The molecule has 0 aliphatic carbocycles. The predicted molar refractivity (Wildman–Crippen MR) is 270 cm³/mol. The van der Waals surface area contributed by atoms with Crippen molar-refractivity contribution in [3.63, 3.8) is 0 Å². The molecule has 0 radical (unpaired) electrons. The Morgan fingerprint density at radius 2 is 0.524 bits per heavy atom. The van der Waals surface area contributed by atoms with Gasteiger partial charge in [-0.05, 0) is 25.2 Å². The molecule has 0 aliphatic heterocycles. The third-order valence-corrected chi connectivity index (χ3v) is 13.0. The number of unbranched alkanes of at least 4 members (excludes halogenated alkanes) is 39. The first-order valence-corrected chi connectivity index (χ1v) is 28.4. The summed E-state index contributed by atoms with van der Waals surface area (Å²) in [6.07, 6.45) is 55.4. The van der Waals surface area contributed by atoms with E-state index in [2.05, 4.69) is 27.7 Å². The molecule has 0 aliphatic rings. The zero-order valence-corrected chi connectivity index (χ0v) is 43.0. The molecule has 0 fully saturated rings. The Bertz CT molecular complexity index is 949. The zero-order valence-electron chi connectivity index (χ0n) is 43.0. The van der Waals surface area contributed by atoms with E-state index >= 15 is 0 Å². The predicted octanol–water partition coefficient (Wildman–Crippen LogP) is 18.6. The van der Waals surface area contributed by atoms with E-state index in [9.17, 15) is 14.4 Å². The second kappa shape index (κ2) is 51.4. The molecule has 0 saturated heterocycles. The molecule has 0 aromatic rings. The molecule has 0 rings (SSSR count). The van der Waals surface area contributed by atoms with Crippen LogP contribution >= 0.6 is 0 Å². The first-order chi connectivity index (χ1) is 30.9. The molecule has 0 amide bonds. The number of carbonyl (C=O) groups is 3. The van der Waals surface area contributed by atoms with Crippen LogP contribution in [0.25, 0.3) is 0 Å². The second-order valence-electron chi connectivity index (χ2n) is 20.1. The largest absolute Gasteiger partial charge is 0.462 e. The number of esters is 3. The highest BCUT2D eigenvalue weighted by molar-refractivity contribution is 5.71. The lowest BCUT2D eigenvalue weighted by Gasteiger charge is -2.18. The van der Waals surface area contributed by atoms with Gasteiger partial charge in [-0.25, -0.2) is 0 Å². The van der Waals surface area contributed by atoms with Crippen LogP contribution in [0.1, 0.15) is 323 Å². The Hall–Kier alpha value is -1.59. The van der Waals surface area contributed by atoms with Crippen molar-refractivity contribution in [1.82, 2.24) is 0 Å². The Labute approximate surface area is 393 Å². The summed E-state index contributed by atoms with van der Waals surface area (Å²) >= 11 is 0. The molecule has 0 heterocycles. The summed E-state index contributed by atoms with van der Waals surface area (Å²) in [5, 5.41) is 0. The number of hydrogen-bond donors (Lipinski definition) is 0. The maximum Gasteiger partial charge on any atom is 0.306 e. The third kappa shape index (κ3) is 51.3. The molecule has 6 heteroatoms. The van der Waals surface area contributed by atoms with Crippen LogP contribution < -0.4 is 0 Å². The lowest BCUT2D eigenvalue weighted by molar-refractivity contribution is -0.167. The summed E-state index contributed by atoms with van der Waals surface area (Å²) in [6.45, 7) is 8.98. The van der Waals surface area contributed by atoms with Crippen molar-refractivity contribution in [2.75, 3.05) is 13.2 Å². The molecule has 0 spiro atoms. The van der Waals surface area contributed by atoms with Crippen molar-refractivity contribution >= 4 is 17.9 Å². The number of carbonyl (C=O) groups excluding carboxylic acids is 3. The fourth-order valence-corrected chi connectivity index (χ4v) is 8.75. The van der Waals surface area contributed by atoms with Crippen LogP contribution in [-0.4, -0.2) is 37.2 Å². The van der Waals surface area contributed by atoms with Crippen molar-refractivity contribution in [3.05, 3.63) is 0 Å². The lowest BCUT2D eigenvalue weighted by Crippen LogP contribution is -2.30. The van der Waals surface area contributed by atoms with Crippen molar-refractivity contribution in [3.8, 4) is 0 Å². The summed E-state index contributed by atoms with van der Waals surface area (Å²) in [6, 6.07) is 0. The fraction of sp³-hybridized carbons (Fsp3) is 0.947. The lowest BCUT2D eigenvalue weighted by atomic mass is 10.0. The molecule has 374 valence electrons. The summed E-state index contributed by atoms with van der Waals surface area (Å²) in [7, 11) is 0. The minimum Gasteiger partial charge on any atom is -0.462 e. The van der Waals surface area contributed by atoms with Crippen LogP contribution in [0.15, 0.2) is 0 Å². The Balaban J connectivity index is 4.21. The highest BCUT2D eigenvalue weighted by Crippen LogP contribution is 2.18. The van der Waals surface area contributed by atoms with Gasteiger partial charge in [0, 0.05) is 19.3 Å². The van der Waals surface area contributed by atoms with Crippen LogP contribution in [-0.2, 0) is 28.6 Å². The molecular weight excluding hydrogens is 781 g/mol. The van der Waals surface area contributed by atoms with Gasteiger partial charge in [0.15, 0.2) is 6.10 Å². The van der Waals surface area contributed by atoms with Gasteiger partial charge in [0.1, 0.15) is 13.2 Å². The van der Waals surface area contributed by atoms with Gasteiger partial charge in [-0.15, -0.1) is 0 Å². The van der Waals surface area contributed by atoms with Gasteiger partial charge in [-0.2, -0.15) is 0 Å². The average molecular weight is 892 g/mol. The van der Waals surface area contributed by atoms with E-state index in [1.807, 2.05) is 0 Å². The normalized spacial score (nSPS) is 12.0. The number of rotatable bonds is 52. The van der Waals surface area contributed by atoms with Gasteiger partial charge in [0.25, 0.3) is 0 Å². The van der Waals surface area contributed by atoms with Gasteiger partial charge in [-0.1, -0.05) is 285 Å². The van der Waals surface area contributed by atoms with E-state index in [-0.39, 0.29) is 31.1 Å².